The van der Waals surface area contributed by atoms with E-state index in [1.165, 1.54) is 76.8 Å². The van der Waals surface area contributed by atoms with Crippen molar-refractivity contribution in [3.63, 3.8) is 0 Å². The summed E-state index contributed by atoms with van der Waals surface area (Å²) in [5, 5.41) is 5.44. The van der Waals surface area contributed by atoms with E-state index in [1.807, 2.05) is 6.07 Å². The Morgan fingerprint density at radius 3 is 1.80 bits per heavy atom. The van der Waals surface area contributed by atoms with Gasteiger partial charge >= 0.3 is 26.2 Å². The van der Waals surface area contributed by atoms with Gasteiger partial charge in [-0.05, 0) is 45.2 Å². The fourth-order valence-corrected chi connectivity index (χ4v) is 7.77. The van der Waals surface area contributed by atoms with Crippen LogP contribution in [0, 0.1) is 6.07 Å². The Labute approximate surface area is 326 Å². The molecule has 1 heterocycles. The van der Waals surface area contributed by atoms with E-state index < -0.39 is 0 Å². The molecule has 7 aromatic rings. The van der Waals surface area contributed by atoms with Crippen molar-refractivity contribution in [3.8, 4) is 44.5 Å². The summed E-state index contributed by atoms with van der Waals surface area (Å²) in [4.78, 5) is 0. The maximum absolute atomic E-state index is 3.31. The van der Waals surface area contributed by atoms with Crippen LogP contribution in [0.5, 0.6) is 0 Å². The third-order valence-corrected chi connectivity index (χ3v) is 10.4. The Bertz CT molecular complexity index is 2060. The minimum absolute atomic E-state index is 0. The molecule has 0 bridgehead atoms. The second-order valence-electron chi connectivity index (χ2n) is 12.8. The van der Waals surface area contributed by atoms with Gasteiger partial charge in [0.1, 0.15) is 0 Å². The predicted octanol–water partition coefficient (Wildman–Crippen LogP) is 4.93. The first-order valence-corrected chi connectivity index (χ1v) is 17.3. The minimum Gasteiger partial charge on any atom is -1.00 e. The third-order valence-electron chi connectivity index (χ3n) is 9.01. The Balaban J connectivity index is 0.000000284. The molecular formula is C45H38Cl2SiZr. The number of rotatable bonds is 5. The van der Waals surface area contributed by atoms with Gasteiger partial charge in [0.15, 0.2) is 0 Å². The van der Waals surface area contributed by atoms with Crippen LogP contribution in [0.25, 0.3) is 55.3 Å². The van der Waals surface area contributed by atoms with Gasteiger partial charge in [-0.3, -0.25) is 0 Å². The van der Waals surface area contributed by atoms with Crippen molar-refractivity contribution in [2.24, 2.45) is 0 Å². The Morgan fingerprint density at radius 2 is 1.14 bits per heavy atom. The summed E-state index contributed by atoms with van der Waals surface area (Å²) in [5.74, 6) is 0.975. The van der Waals surface area contributed by atoms with E-state index in [1.54, 1.807) is 0 Å². The van der Waals surface area contributed by atoms with Crippen molar-refractivity contribution in [2.75, 3.05) is 0 Å². The molecule has 0 aromatic heterocycles. The summed E-state index contributed by atoms with van der Waals surface area (Å²) in [5.41, 5.74) is 13.3. The topological polar surface area (TPSA) is 0 Å². The van der Waals surface area contributed by atoms with E-state index in [0.717, 1.165) is 9.52 Å². The van der Waals surface area contributed by atoms with Crippen LogP contribution >= 0.6 is 0 Å². The molecule has 0 aliphatic carbocycles. The molecule has 1 aliphatic rings. The van der Waals surface area contributed by atoms with Gasteiger partial charge in [-0.1, -0.05) is 153 Å². The van der Waals surface area contributed by atoms with Gasteiger partial charge in [-0.25, -0.2) is 0 Å². The monoisotopic (exact) mass is 766 g/mol. The van der Waals surface area contributed by atoms with Crippen LogP contribution in [0.15, 0.2) is 146 Å². The normalized spacial score (nSPS) is 11.1. The van der Waals surface area contributed by atoms with Gasteiger partial charge in [0.25, 0.3) is 0 Å². The van der Waals surface area contributed by atoms with Crippen molar-refractivity contribution in [1.82, 2.24) is 0 Å². The van der Waals surface area contributed by atoms with Crippen LogP contribution in [0.4, 0.5) is 0 Å². The number of hydrogen-bond donors (Lipinski definition) is 0. The molecule has 2 radical (unpaired) electrons. The maximum Gasteiger partial charge on any atom is 4.00 e. The zero-order valence-corrected chi connectivity index (χ0v) is 33.2. The van der Waals surface area contributed by atoms with Crippen molar-refractivity contribution in [2.45, 2.75) is 39.5 Å². The van der Waals surface area contributed by atoms with E-state index in [2.05, 4.69) is 173 Å². The first kappa shape index (κ1) is 38.4. The minimum atomic E-state index is 0. The summed E-state index contributed by atoms with van der Waals surface area (Å²) < 4.78 is 0. The van der Waals surface area contributed by atoms with Gasteiger partial charge in [0, 0.05) is 0 Å². The Hall–Kier alpha value is -3.39. The Morgan fingerprint density at radius 1 is 0.551 bits per heavy atom. The van der Waals surface area contributed by atoms with Crippen molar-refractivity contribution >= 4 is 30.7 Å². The van der Waals surface area contributed by atoms with Crippen molar-refractivity contribution < 1.29 is 51.0 Å². The average molecular weight is 769 g/mol. The molecule has 240 valence electrons. The first-order valence-electron chi connectivity index (χ1n) is 16.3. The van der Waals surface area contributed by atoms with E-state index in [0.29, 0.717) is 11.8 Å². The molecule has 0 atom stereocenters. The van der Waals surface area contributed by atoms with Crippen LogP contribution < -0.4 is 35.2 Å². The SMILES string of the molecule is CC(C)c1cc(-c2c(-c3ccccc3)ccc3[cH-]c(-c4ccccc4)cc23)cc(C(C)C)c1.[Cl-].[Cl-].[Zr+4].[c-]1cccc2c1[Si]c1ccccc1-2. The van der Waals surface area contributed by atoms with Crippen molar-refractivity contribution in [1.29, 1.82) is 0 Å². The molecule has 0 spiro atoms. The van der Waals surface area contributed by atoms with Crippen LogP contribution in [-0.4, -0.2) is 9.52 Å². The van der Waals surface area contributed by atoms with Crippen LogP contribution in [0.2, 0.25) is 0 Å². The summed E-state index contributed by atoms with van der Waals surface area (Å²) in [6.07, 6.45) is 0. The van der Waals surface area contributed by atoms with Gasteiger partial charge in [0.2, 0.25) is 0 Å². The molecular weight excluding hydrogens is 731 g/mol. The molecule has 8 rings (SSSR count). The molecule has 49 heavy (non-hydrogen) atoms. The van der Waals surface area contributed by atoms with Crippen LogP contribution in [-0.2, 0) is 26.2 Å². The third kappa shape index (κ3) is 8.16. The zero-order valence-electron chi connectivity index (χ0n) is 28.3. The molecule has 1 aliphatic heterocycles. The molecule has 0 unspecified atom stereocenters. The largest absolute Gasteiger partial charge is 4.00 e. The molecule has 0 saturated heterocycles. The number of hydrogen-bond acceptors (Lipinski definition) is 0. The summed E-state index contributed by atoms with van der Waals surface area (Å²) in [7, 11) is 0.795. The van der Waals surface area contributed by atoms with Gasteiger partial charge in [-0.2, -0.15) is 29.5 Å². The van der Waals surface area contributed by atoms with Crippen LogP contribution in [0.1, 0.15) is 50.7 Å². The quantitative estimate of drug-likeness (QED) is 0.172. The molecule has 0 nitrogen and oxygen atoms in total. The molecule has 7 aromatic carbocycles. The second kappa shape index (κ2) is 17.0. The Kier molecular flexibility index (Phi) is 13.3. The van der Waals surface area contributed by atoms with E-state index in [9.17, 15) is 0 Å². The summed E-state index contributed by atoms with van der Waals surface area (Å²) in [6.45, 7) is 9.16. The number of fused-ring (bicyclic) bond motifs is 4. The van der Waals surface area contributed by atoms with Gasteiger partial charge in [0.05, 0.1) is 9.52 Å². The van der Waals surface area contributed by atoms with E-state index >= 15 is 0 Å². The number of halogens is 2. The van der Waals surface area contributed by atoms with E-state index in [4.69, 9.17) is 0 Å². The van der Waals surface area contributed by atoms with Gasteiger partial charge < -0.3 is 24.8 Å². The fourth-order valence-electron chi connectivity index (χ4n) is 6.46. The first-order chi connectivity index (χ1) is 22.5. The van der Waals surface area contributed by atoms with E-state index in [-0.39, 0.29) is 51.0 Å². The summed E-state index contributed by atoms with van der Waals surface area (Å²) >= 11 is 0. The fraction of sp³-hybridized carbons (Fsp3) is 0.133. The molecule has 0 N–H and O–H groups in total. The zero-order chi connectivity index (χ0) is 31.6. The number of benzene rings is 6. The molecule has 0 amide bonds. The standard InChI is InChI=1S/C33H31.C12H7Si.2ClH.Zr/c1-22(2)27-18-28(23(3)4)20-30(19-27)33-31(25-13-9-6-10-14-25)16-15-26-17-29(21-32(26)33)24-11-7-5-8-12-24;1-3-7-11-9(5-1)10-6-2-4-8-12(10)13-11;;;/h5-23H,1-4H3;1-7H;2*1H;/q2*-1;;;+4/p-2. The average Bonchev–Trinajstić information content (AvgIpc) is 3.71. The molecule has 4 heteroatoms. The summed E-state index contributed by atoms with van der Waals surface area (Å²) in [6, 6.07) is 56.2. The van der Waals surface area contributed by atoms with Crippen molar-refractivity contribution in [3.05, 3.63) is 163 Å². The second-order valence-corrected chi connectivity index (χ2v) is 14.1. The van der Waals surface area contributed by atoms with Crippen LogP contribution in [0.3, 0.4) is 0 Å². The maximum atomic E-state index is 3.31. The predicted molar refractivity (Wildman–Crippen MR) is 200 cm³/mol. The molecule has 0 fully saturated rings. The molecule has 0 saturated carbocycles. The van der Waals surface area contributed by atoms with Gasteiger partial charge in [-0.15, -0.1) is 40.1 Å². The smallest absolute Gasteiger partial charge is 1.00 e.